The van der Waals surface area contributed by atoms with Gasteiger partial charge in [0.2, 0.25) is 5.91 Å². The Bertz CT molecular complexity index is 844. The van der Waals surface area contributed by atoms with Gasteiger partial charge in [-0.2, -0.15) is 8.42 Å². The predicted molar refractivity (Wildman–Crippen MR) is 195 cm³/mol. The molecular formula is C38H73NO6S. The van der Waals surface area contributed by atoms with Crippen molar-refractivity contribution in [2.24, 2.45) is 0 Å². The lowest BCUT2D eigenvalue weighted by Crippen LogP contribution is -2.50. The second-order valence-corrected chi connectivity index (χ2v) is 14.8. The molecule has 0 aromatic rings. The fraction of sp³-hybridized carbons (Fsp3) is 0.868. The van der Waals surface area contributed by atoms with E-state index in [0.29, 0.717) is 6.42 Å². The Morgan fingerprint density at radius 2 is 0.978 bits per heavy atom. The van der Waals surface area contributed by atoms with E-state index in [-0.39, 0.29) is 6.42 Å². The standard InChI is InChI=1S/C38H73NO6S/c1-3-5-7-9-11-13-15-16-17-18-19-20-21-22-23-25-26-28-30-32-36(40)35(34-46(43,44)45)39-38(42)37(41)33-31-29-27-24-14-12-10-8-6-4-2/h10,12,30,32,35-37,40-41H,3-9,11,13-29,31,33-34H2,1-2H3,(H,39,42)(H,43,44,45)/b12-10-,32-30+. The largest absolute Gasteiger partial charge is 0.387 e. The maximum Gasteiger partial charge on any atom is 0.267 e. The van der Waals surface area contributed by atoms with Crippen molar-refractivity contribution in [2.75, 3.05) is 5.75 Å². The molecule has 0 aliphatic rings. The molecule has 0 aromatic heterocycles. The van der Waals surface area contributed by atoms with Crippen LogP contribution in [0.25, 0.3) is 0 Å². The molecule has 0 heterocycles. The van der Waals surface area contributed by atoms with Crippen molar-refractivity contribution in [1.82, 2.24) is 5.32 Å². The van der Waals surface area contributed by atoms with E-state index in [1.807, 2.05) is 0 Å². The van der Waals surface area contributed by atoms with Crippen LogP contribution in [0.2, 0.25) is 0 Å². The summed E-state index contributed by atoms with van der Waals surface area (Å²) in [6, 6.07) is -1.23. The molecule has 46 heavy (non-hydrogen) atoms. The van der Waals surface area contributed by atoms with Gasteiger partial charge in [0.15, 0.2) is 0 Å². The summed E-state index contributed by atoms with van der Waals surface area (Å²) < 4.78 is 32.4. The number of aliphatic hydroxyl groups is 2. The lowest BCUT2D eigenvalue weighted by atomic mass is 10.0. The number of hydrogen-bond acceptors (Lipinski definition) is 5. The van der Waals surface area contributed by atoms with Crippen LogP contribution in [0.5, 0.6) is 0 Å². The highest BCUT2D eigenvalue weighted by atomic mass is 32.2. The van der Waals surface area contributed by atoms with Crippen molar-refractivity contribution < 1.29 is 28.0 Å². The third kappa shape index (κ3) is 31.4. The average molecular weight is 672 g/mol. The monoisotopic (exact) mass is 672 g/mol. The molecule has 0 aliphatic heterocycles. The molecule has 3 atom stereocenters. The van der Waals surface area contributed by atoms with E-state index in [1.54, 1.807) is 6.08 Å². The van der Waals surface area contributed by atoms with Crippen LogP contribution in [0.4, 0.5) is 0 Å². The molecule has 272 valence electrons. The molecule has 0 aliphatic carbocycles. The van der Waals surface area contributed by atoms with Crippen LogP contribution in [-0.2, 0) is 14.9 Å². The molecule has 0 saturated carbocycles. The van der Waals surface area contributed by atoms with E-state index >= 15 is 0 Å². The molecule has 8 heteroatoms. The number of amides is 1. The Balaban J connectivity index is 4.04. The number of hydrogen-bond donors (Lipinski definition) is 4. The highest BCUT2D eigenvalue weighted by molar-refractivity contribution is 7.85. The smallest absolute Gasteiger partial charge is 0.267 e. The number of unbranched alkanes of at least 4 members (excludes halogenated alkanes) is 23. The van der Waals surface area contributed by atoms with Crippen LogP contribution < -0.4 is 5.32 Å². The molecule has 0 radical (unpaired) electrons. The quantitative estimate of drug-likeness (QED) is 0.0307. The molecule has 0 spiro atoms. The average Bonchev–Trinajstić information content (AvgIpc) is 3.01. The Hall–Kier alpha value is -1.22. The summed E-state index contributed by atoms with van der Waals surface area (Å²) >= 11 is 0. The Kier molecular flexibility index (Phi) is 31.5. The van der Waals surface area contributed by atoms with Gasteiger partial charge in [0.25, 0.3) is 10.1 Å². The Morgan fingerprint density at radius 3 is 1.43 bits per heavy atom. The summed E-state index contributed by atoms with van der Waals surface area (Å²) in [5.74, 6) is -1.55. The summed E-state index contributed by atoms with van der Waals surface area (Å²) in [6.45, 7) is 4.45. The van der Waals surface area contributed by atoms with E-state index in [4.69, 9.17) is 0 Å². The summed E-state index contributed by atoms with van der Waals surface area (Å²) in [6.07, 6.45) is 36.7. The molecule has 0 bridgehead atoms. The molecule has 0 aromatic carbocycles. The third-order valence-corrected chi connectivity index (χ3v) is 9.51. The molecule has 0 fully saturated rings. The first-order chi connectivity index (χ1) is 22.2. The minimum Gasteiger partial charge on any atom is -0.387 e. The van der Waals surface area contributed by atoms with Crippen molar-refractivity contribution in [3.63, 3.8) is 0 Å². The van der Waals surface area contributed by atoms with Gasteiger partial charge in [-0.25, -0.2) is 0 Å². The van der Waals surface area contributed by atoms with Gasteiger partial charge in [0.1, 0.15) is 6.10 Å². The van der Waals surface area contributed by atoms with Gasteiger partial charge in [-0.15, -0.1) is 0 Å². The van der Waals surface area contributed by atoms with E-state index in [9.17, 15) is 28.0 Å². The lowest BCUT2D eigenvalue weighted by molar-refractivity contribution is -0.130. The predicted octanol–water partition coefficient (Wildman–Crippen LogP) is 9.77. The van der Waals surface area contributed by atoms with Crippen molar-refractivity contribution in [1.29, 1.82) is 0 Å². The Labute approximate surface area is 284 Å². The van der Waals surface area contributed by atoms with Crippen LogP contribution in [0.15, 0.2) is 24.3 Å². The lowest BCUT2D eigenvalue weighted by Gasteiger charge is -2.22. The van der Waals surface area contributed by atoms with Crippen molar-refractivity contribution in [2.45, 2.75) is 205 Å². The number of allylic oxidation sites excluding steroid dienone is 3. The maximum absolute atomic E-state index is 12.5. The van der Waals surface area contributed by atoms with E-state index in [1.165, 1.54) is 115 Å². The zero-order chi connectivity index (χ0) is 34.1. The minimum absolute atomic E-state index is 0.266. The van der Waals surface area contributed by atoms with E-state index in [2.05, 4.69) is 31.3 Å². The number of carbonyl (C=O) groups excluding carboxylic acids is 1. The van der Waals surface area contributed by atoms with Crippen LogP contribution in [0.3, 0.4) is 0 Å². The normalized spacial score (nSPS) is 14.3. The summed E-state index contributed by atoms with van der Waals surface area (Å²) in [4.78, 5) is 12.5. The number of nitrogens with one attached hydrogen (secondary N) is 1. The number of rotatable bonds is 34. The molecule has 7 nitrogen and oxygen atoms in total. The molecular weight excluding hydrogens is 598 g/mol. The van der Waals surface area contributed by atoms with Gasteiger partial charge in [0, 0.05) is 0 Å². The van der Waals surface area contributed by atoms with E-state index in [0.717, 1.165) is 51.4 Å². The maximum atomic E-state index is 12.5. The fourth-order valence-electron chi connectivity index (χ4n) is 5.73. The Morgan fingerprint density at radius 1 is 0.587 bits per heavy atom. The molecule has 4 N–H and O–H groups in total. The summed E-state index contributed by atoms with van der Waals surface area (Å²) in [5.41, 5.74) is 0. The molecule has 1 amide bonds. The van der Waals surface area contributed by atoms with Gasteiger partial charge >= 0.3 is 0 Å². The molecule has 3 unspecified atom stereocenters. The van der Waals surface area contributed by atoms with Crippen molar-refractivity contribution >= 4 is 16.0 Å². The van der Waals surface area contributed by atoms with Gasteiger partial charge in [0.05, 0.1) is 17.9 Å². The zero-order valence-corrected chi connectivity index (χ0v) is 30.6. The first-order valence-corrected chi connectivity index (χ1v) is 20.8. The van der Waals surface area contributed by atoms with Gasteiger partial charge in [-0.1, -0.05) is 173 Å². The topological polar surface area (TPSA) is 124 Å². The SMILES string of the molecule is CCCC/C=C\CCCCCCC(O)C(=O)NC(CS(=O)(=O)O)C(O)/C=C/CCCCCCCCCCCCCCCCCCC. The van der Waals surface area contributed by atoms with E-state index < -0.39 is 40.0 Å². The minimum atomic E-state index is -4.44. The number of aliphatic hydroxyl groups excluding tert-OH is 2. The summed E-state index contributed by atoms with van der Waals surface area (Å²) in [7, 11) is -4.44. The van der Waals surface area contributed by atoms with Crippen LogP contribution >= 0.6 is 0 Å². The van der Waals surface area contributed by atoms with Gasteiger partial charge in [-0.05, 0) is 38.5 Å². The first kappa shape index (κ1) is 44.8. The highest BCUT2D eigenvalue weighted by Crippen LogP contribution is 2.15. The molecule has 0 rings (SSSR count). The fourth-order valence-corrected chi connectivity index (χ4v) is 6.46. The van der Waals surface area contributed by atoms with Crippen molar-refractivity contribution in [3.8, 4) is 0 Å². The van der Waals surface area contributed by atoms with Crippen LogP contribution in [0, 0.1) is 0 Å². The first-order valence-electron chi connectivity index (χ1n) is 19.1. The van der Waals surface area contributed by atoms with Crippen LogP contribution in [-0.4, -0.2) is 53.1 Å². The second-order valence-electron chi connectivity index (χ2n) is 13.3. The summed E-state index contributed by atoms with van der Waals surface area (Å²) in [5, 5.41) is 23.3. The van der Waals surface area contributed by atoms with Crippen molar-refractivity contribution in [3.05, 3.63) is 24.3 Å². The van der Waals surface area contributed by atoms with Gasteiger partial charge in [-0.3, -0.25) is 9.35 Å². The van der Waals surface area contributed by atoms with Gasteiger partial charge < -0.3 is 15.5 Å². The molecule has 0 saturated heterocycles. The third-order valence-electron chi connectivity index (χ3n) is 8.73. The second kappa shape index (κ2) is 32.3. The number of carbonyl (C=O) groups is 1. The van der Waals surface area contributed by atoms with Crippen LogP contribution in [0.1, 0.15) is 187 Å². The zero-order valence-electron chi connectivity index (χ0n) is 29.8. The highest BCUT2D eigenvalue weighted by Gasteiger charge is 2.27.